The first-order valence-electron chi connectivity index (χ1n) is 17.2. The van der Waals surface area contributed by atoms with Crippen LogP contribution in [-0.2, 0) is 21.4 Å². The van der Waals surface area contributed by atoms with Crippen molar-refractivity contribution in [2.45, 2.75) is 46.0 Å². The number of nitrogens with zero attached hydrogens (tertiary/aromatic N) is 3. The van der Waals surface area contributed by atoms with Gasteiger partial charge in [-0.25, -0.2) is 4.79 Å². The van der Waals surface area contributed by atoms with Gasteiger partial charge < -0.3 is 34.3 Å². The Morgan fingerprint density at radius 2 is 1.60 bits per heavy atom. The molecule has 0 bridgehead atoms. The zero-order valence-corrected chi connectivity index (χ0v) is 30.4. The molecule has 12 nitrogen and oxygen atoms in total. The van der Waals surface area contributed by atoms with Crippen LogP contribution in [0.4, 0.5) is 17.1 Å². The van der Waals surface area contributed by atoms with Gasteiger partial charge in [-0.15, -0.1) is 0 Å². The SMILES string of the molecule is CCCCCN(C=O)C/C=N\c1cc(OCCCC(=O)Nc2ccc(C(=O)Nc3ccc(-c4cc(C(=O)OC)n(C)c4)cc3)cc2)c(OC)cc1C. The molecule has 2 N–H and O–H groups in total. The maximum Gasteiger partial charge on any atom is 0.354 e. The van der Waals surface area contributed by atoms with Crippen LogP contribution in [0.5, 0.6) is 11.5 Å². The van der Waals surface area contributed by atoms with Crippen LogP contribution in [0.3, 0.4) is 0 Å². The van der Waals surface area contributed by atoms with E-state index in [9.17, 15) is 19.2 Å². The maximum atomic E-state index is 12.9. The molecule has 0 saturated carbocycles. The van der Waals surface area contributed by atoms with Crippen LogP contribution in [0.15, 0.2) is 77.9 Å². The quantitative estimate of drug-likeness (QED) is 0.0454. The van der Waals surface area contributed by atoms with Gasteiger partial charge in [-0.2, -0.15) is 0 Å². The van der Waals surface area contributed by atoms with Gasteiger partial charge in [0.05, 0.1) is 33.1 Å². The Kier molecular flexibility index (Phi) is 14.6. The van der Waals surface area contributed by atoms with Crippen molar-refractivity contribution >= 4 is 47.5 Å². The molecular formula is C40H47N5O7. The van der Waals surface area contributed by atoms with E-state index in [1.54, 1.807) is 78.4 Å². The number of benzene rings is 3. The van der Waals surface area contributed by atoms with Gasteiger partial charge in [0.1, 0.15) is 5.69 Å². The number of methoxy groups -OCH3 is 2. The Labute approximate surface area is 304 Å². The lowest BCUT2D eigenvalue weighted by Gasteiger charge is -2.15. The van der Waals surface area contributed by atoms with E-state index in [1.165, 1.54) is 7.11 Å². The van der Waals surface area contributed by atoms with Crippen LogP contribution in [0, 0.1) is 6.92 Å². The zero-order chi connectivity index (χ0) is 37.5. The minimum Gasteiger partial charge on any atom is -0.493 e. The summed E-state index contributed by atoms with van der Waals surface area (Å²) in [5.74, 6) is 0.201. The number of aliphatic imine (C=N–C) groups is 1. The second-order valence-corrected chi connectivity index (χ2v) is 12.2. The summed E-state index contributed by atoms with van der Waals surface area (Å²) >= 11 is 0. The molecule has 12 heteroatoms. The predicted octanol–water partition coefficient (Wildman–Crippen LogP) is 7.20. The lowest BCUT2D eigenvalue weighted by molar-refractivity contribution is -0.117. The van der Waals surface area contributed by atoms with Crippen molar-refractivity contribution in [1.29, 1.82) is 0 Å². The normalized spacial score (nSPS) is 10.9. The van der Waals surface area contributed by atoms with Crippen molar-refractivity contribution in [2.24, 2.45) is 12.0 Å². The van der Waals surface area contributed by atoms with Crippen molar-refractivity contribution in [1.82, 2.24) is 9.47 Å². The van der Waals surface area contributed by atoms with E-state index >= 15 is 0 Å². The molecule has 0 atom stereocenters. The molecule has 0 radical (unpaired) electrons. The number of esters is 1. The third-order valence-electron chi connectivity index (χ3n) is 8.34. The second kappa shape index (κ2) is 19.5. The van der Waals surface area contributed by atoms with Crippen LogP contribution >= 0.6 is 0 Å². The van der Waals surface area contributed by atoms with Gasteiger partial charge in [-0.05, 0) is 79.4 Å². The van der Waals surface area contributed by atoms with E-state index in [1.807, 2.05) is 31.3 Å². The van der Waals surface area contributed by atoms with Gasteiger partial charge >= 0.3 is 5.97 Å². The molecule has 4 rings (SSSR count). The Morgan fingerprint density at radius 1 is 0.885 bits per heavy atom. The number of carbonyl (C=O) groups excluding carboxylic acids is 4. The number of nitrogens with one attached hydrogen (secondary N) is 2. The minimum absolute atomic E-state index is 0.183. The fourth-order valence-electron chi connectivity index (χ4n) is 5.38. The van der Waals surface area contributed by atoms with Crippen LogP contribution in [0.1, 0.15) is 65.4 Å². The minimum atomic E-state index is -0.413. The first kappa shape index (κ1) is 38.9. The number of hydrogen-bond donors (Lipinski definition) is 2. The van der Waals surface area contributed by atoms with E-state index in [0.717, 1.165) is 42.4 Å². The van der Waals surface area contributed by atoms with Gasteiger partial charge in [0.25, 0.3) is 5.91 Å². The third-order valence-corrected chi connectivity index (χ3v) is 8.34. The van der Waals surface area contributed by atoms with Crippen molar-refractivity contribution in [3.8, 4) is 22.6 Å². The Hall–Kier alpha value is -5.91. The van der Waals surface area contributed by atoms with Gasteiger partial charge in [0.2, 0.25) is 12.3 Å². The molecule has 3 amide bonds. The summed E-state index contributed by atoms with van der Waals surface area (Å²) < 4.78 is 18.0. The Morgan fingerprint density at radius 3 is 2.27 bits per heavy atom. The molecule has 1 aromatic heterocycles. The number of unbranched alkanes of at least 4 members (excludes halogenated alkanes) is 2. The topological polar surface area (TPSA) is 141 Å². The average Bonchev–Trinajstić information content (AvgIpc) is 3.55. The van der Waals surface area contributed by atoms with Crippen molar-refractivity contribution in [2.75, 3.05) is 44.5 Å². The van der Waals surface area contributed by atoms with Crippen molar-refractivity contribution in [3.05, 3.63) is 89.7 Å². The number of hydrogen-bond acceptors (Lipinski definition) is 8. The monoisotopic (exact) mass is 709 g/mol. The first-order chi connectivity index (χ1) is 25.1. The highest BCUT2D eigenvalue weighted by Gasteiger charge is 2.14. The highest BCUT2D eigenvalue weighted by Crippen LogP contribution is 2.34. The van der Waals surface area contributed by atoms with E-state index in [2.05, 4.69) is 22.5 Å². The Bertz CT molecular complexity index is 1850. The standard InChI is InChI=1S/C40H47N5O7/c1-6-7-8-20-45(27-46)21-19-41-34-25-37(36(50-4)23-28(34)2)52-22-9-10-38(47)42-32-17-13-30(14-18-32)39(48)43-33-15-11-29(12-16-33)31-24-35(40(49)51-5)44(3)26-31/h11-19,23-27H,6-10,20-22H2,1-5H3,(H,42,47)(H,43,48)/b41-19-. The highest BCUT2D eigenvalue weighted by molar-refractivity contribution is 6.04. The molecule has 4 aromatic rings. The summed E-state index contributed by atoms with van der Waals surface area (Å²) in [4.78, 5) is 55.1. The molecule has 3 aromatic carbocycles. The Balaban J connectivity index is 1.23. The van der Waals surface area contributed by atoms with Gasteiger partial charge in [-0.1, -0.05) is 31.9 Å². The highest BCUT2D eigenvalue weighted by atomic mass is 16.5. The summed E-state index contributed by atoms with van der Waals surface area (Å²) in [7, 11) is 4.69. The fraction of sp³-hybridized carbons (Fsp3) is 0.325. The largest absolute Gasteiger partial charge is 0.493 e. The number of aryl methyl sites for hydroxylation is 2. The van der Waals surface area contributed by atoms with E-state index in [4.69, 9.17) is 14.2 Å². The molecule has 0 aliphatic heterocycles. The number of carbonyl (C=O) groups is 4. The molecule has 0 saturated heterocycles. The molecule has 0 aliphatic carbocycles. The predicted molar refractivity (Wildman–Crippen MR) is 203 cm³/mol. The van der Waals surface area contributed by atoms with Crippen LogP contribution < -0.4 is 20.1 Å². The molecule has 1 heterocycles. The van der Waals surface area contributed by atoms with Crippen LogP contribution in [0.2, 0.25) is 0 Å². The number of rotatable bonds is 19. The van der Waals surface area contributed by atoms with Gasteiger partial charge in [-0.3, -0.25) is 19.4 Å². The smallest absolute Gasteiger partial charge is 0.354 e. The first-order valence-corrected chi connectivity index (χ1v) is 17.2. The number of anilines is 2. The lowest BCUT2D eigenvalue weighted by Crippen LogP contribution is -2.25. The number of amides is 3. The van der Waals surface area contributed by atoms with E-state index < -0.39 is 5.97 Å². The summed E-state index contributed by atoms with van der Waals surface area (Å²) in [6.07, 6.45) is 8.23. The van der Waals surface area contributed by atoms with E-state index in [-0.39, 0.29) is 24.8 Å². The molecule has 0 fully saturated rings. The molecule has 0 aliphatic rings. The van der Waals surface area contributed by atoms with Gasteiger partial charge in [0.15, 0.2) is 11.5 Å². The summed E-state index contributed by atoms with van der Waals surface area (Å²) in [6.45, 7) is 5.46. The number of aromatic nitrogens is 1. The van der Waals surface area contributed by atoms with Gasteiger partial charge in [0, 0.05) is 61.0 Å². The molecule has 0 spiro atoms. The lowest BCUT2D eigenvalue weighted by atomic mass is 10.1. The number of ether oxygens (including phenoxy) is 3. The van der Waals surface area contributed by atoms with E-state index in [0.29, 0.717) is 59.3 Å². The summed E-state index contributed by atoms with van der Waals surface area (Å²) in [6, 6.07) is 19.4. The molecule has 274 valence electrons. The summed E-state index contributed by atoms with van der Waals surface area (Å²) in [5, 5.41) is 5.74. The third kappa shape index (κ3) is 11.0. The zero-order valence-electron chi connectivity index (χ0n) is 30.4. The maximum absolute atomic E-state index is 12.9. The molecule has 52 heavy (non-hydrogen) atoms. The molecule has 0 unspecified atom stereocenters. The summed E-state index contributed by atoms with van der Waals surface area (Å²) in [5.41, 5.74) is 5.42. The molecular weight excluding hydrogens is 662 g/mol. The van der Waals surface area contributed by atoms with Crippen LogP contribution in [0.25, 0.3) is 11.1 Å². The average molecular weight is 710 g/mol. The van der Waals surface area contributed by atoms with Crippen molar-refractivity contribution < 1.29 is 33.4 Å². The van der Waals surface area contributed by atoms with Crippen molar-refractivity contribution in [3.63, 3.8) is 0 Å². The second-order valence-electron chi connectivity index (χ2n) is 12.2. The fourth-order valence-corrected chi connectivity index (χ4v) is 5.38. The van der Waals surface area contributed by atoms with Crippen LogP contribution in [-0.4, -0.2) is 73.8 Å².